The monoisotopic (exact) mass is 313 g/mol. The number of hydrogen-bond acceptors (Lipinski definition) is 2. The van der Waals surface area contributed by atoms with Crippen molar-refractivity contribution in [2.24, 2.45) is 5.92 Å². The van der Waals surface area contributed by atoms with Gasteiger partial charge in [-0.2, -0.15) is 0 Å². The van der Waals surface area contributed by atoms with Gasteiger partial charge in [-0.05, 0) is 56.7 Å². The van der Waals surface area contributed by atoms with E-state index in [9.17, 15) is 4.39 Å². The molecule has 0 aromatic heterocycles. The van der Waals surface area contributed by atoms with Gasteiger partial charge in [0, 0.05) is 29.8 Å². The molecule has 1 heterocycles. The van der Waals surface area contributed by atoms with Crippen molar-refractivity contribution in [3.05, 3.63) is 34.6 Å². The summed E-state index contributed by atoms with van der Waals surface area (Å²) in [6, 6.07) is 5.20. The Morgan fingerprint density at radius 2 is 2.14 bits per heavy atom. The van der Waals surface area contributed by atoms with E-state index in [2.05, 4.69) is 12.2 Å². The summed E-state index contributed by atoms with van der Waals surface area (Å²) >= 11 is 6.16. The third kappa shape index (κ3) is 5.24. The Bertz CT molecular complexity index is 415. The highest BCUT2D eigenvalue weighted by Crippen LogP contribution is 2.25. The maximum absolute atomic E-state index is 14.0. The molecule has 1 saturated heterocycles. The topological polar surface area (TPSA) is 21.3 Å². The molecule has 2 rings (SSSR count). The highest BCUT2D eigenvalue weighted by molar-refractivity contribution is 6.31. The van der Waals surface area contributed by atoms with Crippen molar-refractivity contribution < 1.29 is 9.13 Å². The van der Waals surface area contributed by atoms with Gasteiger partial charge in [0.15, 0.2) is 0 Å². The molecular formula is C17H25ClFNO. The van der Waals surface area contributed by atoms with Crippen LogP contribution in [0.5, 0.6) is 0 Å². The third-order valence-corrected chi connectivity index (χ3v) is 4.51. The number of ether oxygens (including phenoxy) is 1. The van der Waals surface area contributed by atoms with E-state index < -0.39 is 0 Å². The first-order valence-electron chi connectivity index (χ1n) is 7.94. The van der Waals surface area contributed by atoms with Crippen molar-refractivity contribution in [2.45, 2.75) is 45.1 Å². The Morgan fingerprint density at radius 3 is 2.81 bits per heavy atom. The van der Waals surface area contributed by atoms with Gasteiger partial charge in [0.05, 0.1) is 0 Å². The summed E-state index contributed by atoms with van der Waals surface area (Å²) in [6.45, 7) is 4.81. The summed E-state index contributed by atoms with van der Waals surface area (Å²) in [5, 5.41) is 4.09. The molecule has 0 radical (unpaired) electrons. The molecule has 1 aliphatic rings. The Morgan fingerprint density at radius 1 is 1.38 bits per heavy atom. The largest absolute Gasteiger partial charge is 0.381 e. The first-order valence-corrected chi connectivity index (χ1v) is 8.32. The number of hydrogen-bond donors (Lipinski definition) is 1. The Kier molecular flexibility index (Phi) is 6.94. The predicted octanol–water partition coefficient (Wildman–Crippen LogP) is 4.21. The van der Waals surface area contributed by atoms with Crippen molar-refractivity contribution in [1.82, 2.24) is 5.32 Å². The smallest absolute Gasteiger partial charge is 0.127 e. The molecule has 2 nitrogen and oxygen atoms in total. The summed E-state index contributed by atoms with van der Waals surface area (Å²) in [4.78, 5) is 0. The molecule has 1 atom stereocenters. The summed E-state index contributed by atoms with van der Waals surface area (Å²) in [5.41, 5.74) is 0.639. The molecule has 0 bridgehead atoms. The Balaban J connectivity index is 2.01. The Labute approximate surface area is 132 Å². The maximum Gasteiger partial charge on any atom is 0.127 e. The van der Waals surface area contributed by atoms with Crippen molar-refractivity contribution in [3.8, 4) is 0 Å². The fourth-order valence-corrected chi connectivity index (χ4v) is 3.19. The fraction of sp³-hybridized carbons (Fsp3) is 0.647. The molecule has 0 aliphatic carbocycles. The van der Waals surface area contributed by atoms with Crippen LogP contribution in [-0.2, 0) is 11.2 Å². The zero-order chi connectivity index (χ0) is 15.1. The van der Waals surface area contributed by atoms with E-state index in [4.69, 9.17) is 16.3 Å². The minimum Gasteiger partial charge on any atom is -0.381 e. The molecule has 1 unspecified atom stereocenters. The molecule has 0 saturated carbocycles. The standard InChI is InChI=1S/C17H25ClFNO/c1-2-8-20-14(11-13-6-9-21-10-7-13)12-15-16(18)4-3-5-17(15)19/h3-5,13-14,20H,2,6-12H2,1H3. The van der Waals surface area contributed by atoms with Gasteiger partial charge in [-0.25, -0.2) is 4.39 Å². The fourth-order valence-electron chi connectivity index (χ4n) is 2.95. The SMILES string of the molecule is CCCNC(Cc1c(F)cccc1Cl)CC1CCOCC1. The average Bonchev–Trinajstić information content (AvgIpc) is 2.49. The van der Waals surface area contributed by atoms with Gasteiger partial charge < -0.3 is 10.1 Å². The van der Waals surface area contributed by atoms with Crippen molar-refractivity contribution >= 4 is 11.6 Å². The molecule has 1 aromatic carbocycles. The van der Waals surface area contributed by atoms with E-state index >= 15 is 0 Å². The van der Waals surface area contributed by atoms with Crippen LogP contribution in [0.15, 0.2) is 18.2 Å². The number of benzene rings is 1. The van der Waals surface area contributed by atoms with Gasteiger partial charge >= 0.3 is 0 Å². The Hall–Kier alpha value is -0.640. The molecule has 4 heteroatoms. The minimum atomic E-state index is -0.197. The third-order valence-electron chi connectivity index (χ3n) is 4.15. The van der Waals surface area contributed by atoms with Gasteiger partial charge in [-0.3, -0.25) is 0 Å². The van der Waals surface area contributed by atoms with Crippen LogP contribution in [0.25, 0.3) is 0 Å². The lowest BCUT2D eigenvalue weighted by atomic mass is 9.89. The molecule has 1 aromatic rings. The molecule has 0 amide bonds. The maximum atomic E-state index is 14.0. The normalized spacial score (nSPS) is 17.9. The lowest BCUT2D eigenvalue weighted by Crippen LogP contribution is -2.35. The summed E-state index contributed by atoms with van der Waals surface area (Å²) in [7, 11) is 0. The molecular weight excluding hydrogens is 289 g/mol. The van der Waals surface area contributed by atoms with Crippen molar-refractivity contribution in [1.29, 1.82) is 0 Å². The first kappa shape index (κ1) is 16.7. The second-order valence-electron chi connectivity index (χ2n) is 5.85. The van der Waals surface area contributed by atoms with Crippen LogP contribution in [0.3, 0.4) is 0 Å². The highest BCUT2D eigenvalue weighted by atomic mass is 35.5. The zero-order valence-corrected chi connectivity index (χ0v) is 13.5. The zero-order valence-electron chi connectivity index (χ0n) is 12.7. The first-order chi connectivity index (χ1) is 10.2. The van der Waals surface area contributed by atoms with Crippen LogP contribution >= 0.6 is 11.6 Å². The van der Waals surface area contributed by atoms with Crippen LogP contribution in [0.2, 0.25) is 5.02 Å². The van der Waals surface area contributed by atoms with E-state index in [-0.39, 0.29) is 11.9 Å². The number of nitrogens with one attached hydrogen (secondary N) is 1. The lowest BCUT2D eigenvalue weighted by Gasteiger charge is -2.27. The average molecular weight is 314 g/mol. The number of halogens is 2. The number of rotatable bonds is 7. The van der Waals surface area contributed by atoms with Crippen LogP contribution in [0, 0.1) is 11.7 Å². The van der Waals surface area contributed by atoms with Crippen LogP contribution in [0.4, 0.5) is 4.39 Å². The van der Waals surface area contributed by atoms with Crippen LogP contribution in [0.1, 0.15) is 38.2 Å². The highest BCUT2D eigenvalue weighted by Gasteiger charge is 2.21. The summed E-state index contributed by atoms with van der Waals surface area (Å²) in [6.07, 6.45) is 5.01. The quantitative estimate of drug-likeness (QED) is 0.814. The van der Waals surface area contributed by atoms with E-state index in [1.54, 1.807) is 12.1 Å². The lowest BCUT2D eigenvalue weighted by molar-refractivity contribution is 0.0605. The summed E-state index contributed by atoms with van der Waals surface area (Å²) < 4.78 is 19.4. The molecule has 21 heavy (non-hydrogen) atoms. The molecule has 1 N–H and O–H groups in total. The molecule has 118 valence electrons. The van der Waals surface area contributed by atoms with Gasteiger partial charge in [-0.1, -0.05) is 24.6 Å². The van der Waals surface area contributed by atoms with E-state index in [0.717, 1.165) is 45.4 Å². The van der Waals surface area contributed by atoms with Gasteiger partial charge in [0.2, 0.25) is 0 Å². The molecule has 0 spiro atoms. The van der Waals surface area contributed by atoms with Crippen molar-refractivity contribution in [2.75, 3.05) is 19.8 Å². The summed E-state index contributed by atoms with van der Waals surface area (Å²) in [5.74, 6) is 0.469. The minimum absolute atomic E-state index is 0.197. The second kappa shape index (κ2) is 8.72. The van der Waals surface area contributed by atoms with E-state index in [1.165, 1.54) is 6.07 Å². The molecule has 1 fully saturated rings. The van der Waals surface area contributed by atoms with Crippen LogP contribution < -0.4 is 5.32 Å². The van der Waals surface area contributed by atoms with Crippen molar-refractivity contribution in [3.63, 3.8) is 0 Å². The van der Waals surface area contributed by atoms with E-state index in [0.29, 0.717) is 22.9 Å². The van der Waals surface area contributed by atoms with Gasteiger partial charge in [-0.15, -0.1) is 0 Å². The van der Waals surface area contributed by atoms with Gasteiger partial charge in [0.25, 0.3) is 0 Å². The van der Waals surface area contributed by atoms with Gasteiger partial charge in [0.1, 0.15) is 5.82 Å². The molecule has 1 aliphatic heterocycles. The van der Waals surface area contributed by atoms with Crippen LogP contribution in [-0.4, -0.2) is 25.8 Å². The predicted molar refractivity (Wildman–Crippen MR) is 85.4 cm³/mol. The van der Waals surface area contributed by atoms with E-state index in [1.807, 2.05) is 0 Å². The second-order valence-corrected chi connectivity index (χ2v) is 6.25.